The number of nitrogens with zero attached hydrogens (tertiary/aromatic N) is 1. The van der Waals surface area contributed by atoms with E-state index in [0.717, 1.165) is 5.56 Å². The van der Waals surface area contributed by atoms with E-state index in [1.54, 1.807) is 6.92 Å². The fourth-order valence-electron chi connectivity index (χ4n) is 2.14. The first-order valence-electron chi connectivity index (χ1n) is 8.05. The van der Waals surface area contributed by atoms with Gasteiger partial charge in [0.15, 0.2) is 11.5 Å². The lowest BCUT2D eigenvalue weighted by Gasteiger charge is -2.12. The van der Waals surface area contributed by atoms with E-state index in [1.807, 2.05) is 32.0 Å². The smallest absolute Gasteiger partial charge is 0.271 e. The van der Waals surface area contributed by atoms with Gasteiger partial charge < -0.3 is 9.47 Å². The summed E-state index contributed by atoms with van der Waals surface area (Å²) in [4.78, 5) is 12.0. The number of nitrogens with one attached hydrogen (secondary N) is 1. The van der Waals surface area contributed by atoms with Gasteiger partial charge in [0.2, 0.25) is 0 Å². The van der Waals surface area contributed by atoms with E-state index in [4.69, 9.17) is 9.47 Å². The van der Waals surface area contributed by atoms with Crippen molar-refractivity contribution in [3.63, 3.8) is 0 Å². The van der Waals surface area contributed by atoms with Crippen LogP contribution >= 0.6 is 0 Å². The molecule has 25 heavy (non-hydrogen) atoms. The van der Waals surface area contributed by atoms with E-state index in [0.29, 0.717) is 36.0 Å². The zero-order valence-corrected chi connectivity index (χ0v) is 14.5. The summed E-state index contributed by atoms with van der Waals surface area (Å²) in [7, 11) is 0. The maximum atomic E-state index is 12.9. The molecular weight excluding hydrogens is 323 g/mol. The Hall–Kier alpha value is -2.89. The molecule has 2 rings (SSSR count). The van der Waals surface area contributed by atoms with Crippen molar-refractivity contribution in [2.45, 2.75) is 20.8 Å². The summed E-state index contributed by atoms with van der Waals surface area (Å²) in [5.74, 6) is 0.488. The first-order valence-corrected chi connectivity index (χ1v) is 8.05. The lowest BCUT2D eigenvalue weighted by molar-refractivity contribution is 0.0955. The molecule has 6 heteroatoms. The summed E-state index contributed by atoms with van der Waals surface area (Å²) >= 11 is 0. The number of carbonyl (C=O) groups excluding carboxylic acids is 1. The lowest BCUT2D eigenvalue weighted by atomic mass is 10.1. The van der Waals surface area contributed by atoms with Gasteiger partial charge in [0, 0.05) is 11.1 Å². The largest absolute Gasteiger partial charge is 0.490 e. The van der Waals surface area contributed by atoms with Gasteiger partial charge in [0.1, 0.15) is 5.82 Å². The van der Waals surface area contributed by atoms with Gasteiger partial charge >= 0.3 is 0 Å². The molecule has 0 saturated heterocycles. The van der Waals surface area contributed by atoms with Gasteiger partial charge in [-0.3, -0.25) is 4.79 Å². The highest BCUT2D eigenvalue weighted by Crippen LogP contribution is 2.28. The van der Waals surface area contributed by atoms with Crippen LogP contribution in [-0.4, -0.2) is 24.8 Å². The fraction of sp³-hybridized carbons (Fsp3) is 0.263. The SMILES string of the molecule is CCOc1ccc(/C(C)=N\NC(=O)c2ccc(F)cc2)cc1OCC. The molecule has 0 heterocycles. The summed E-state index contributed by atoms with van der Waals surface area (Å²) in [6, 6.07) is 10.7. The normalized spacial score (nSPS) is 11.1. The molecule has 5 nitrogen and oxygen atoms in total. The Labute approximate surface area is 146 Å². The van der Waals surface area contributed by atoms with Crippen molar-refractivity contribution in [1.82, 2.24) is 5.43 Å². The van der Waals surface area contributed by atoms with Gasteiger partial charge in [0.25, 0.3) is 5.91 Å². The Morgan fingerprint density at radius 1 is 1.00 bits per heavy atom. The van der Waals surface area contributed by atoms with E-state index in [9.17, 15) is 9.18 Å². The van der Waals surface area contributed by atoms with Crippen LogP contribution in [-0.2, 0) is 0 Å². The number of hydrogen-bond acceptors (Lipinski definition) is 4. The van der Waals surface area contributed by atoms with Crippen LogP contribution in [0.15, 0.2) is 47.6 Å². The van der Waals surface area contributed by atoms with Crippen LogP contribution in [0.25, 0.3) is 0 Å². The molecule has 0 saturated carbocycles. The minimum atomic E-state index is -0.407. The maximum absolute atomic E-state index is 12.9. The van der Waals surface area contributed by atoms with E-state index in [1.165, 1.54) is 24.3 Å². The number of rotatable bonds is 7. The van der Waals surface area contributed by atoms with Gasteiger partial charge in [0.05, 0.1) is 18.9 Å². The molecule has 0 aliphatic carbocycles. The number of halogens is 1. The van der Waals surface area contributed by atoms with Crippen LogP contribution in [0.2, 0.25) is 0 Å². The predicted octanol–water partition coefficient (Wildman–Crippen LogP) is 3.78. The lowest BCUT2D eigenvalue weighted by Crippen LogP contribution is -2.19. The molecule has 0 aliphatic heterocycles. The van der Waals surface area contributed by atoms with Crippen LogP contribution in [0, 0.1) is 5.82 Å². The molecule has 1 N–H and O–H groups in total. The van der Waals surface area contributed by atoms with Gasteiger partial charge in [-0.25, -0.2) is 9.82 Å². The van der Waals surface area contributed by atoms with Crippen molar-refractivity contribution < 1.29 is 18.7 Å². The summed E-state index contributed by atoms with van der Waals surface area (Å²) in [6.07, 6.45) is 0. The van der Waals surface area contributed by atoms with Crippen LogP contribution in [0.5, 0.6) is 11.5 Å². The molecule has 132 valence electrons. The van der Waals surface area contributed by atoms with Crippen molar-refractivity contribution in [3.05, 3.63) is 59.4 Å². The molecule has 0 atom stereocenters. The number of ether oxygens (including phenoxy) is 2. The second-order valence-electron chi connectivity index (χ2n) is 5.17. The van der Waals surface area contributed by atoms with Gasteiger partial charge in [-0.1, -0.05) is 0 Å². The predicted molar refractivity (Wildman–Crippen MR) is 94.9 cm³/mol. The zero-order chi connectivity index (χ0) is 18.2. The van der Waals surface area contributed by atoms with E-state index in [2.05, 4.69) is 10.5 Å². The quantitative estimate of drug-likeness (QED) is 0.614. The Kier molecular flexibility index (Phi) is 6.51. The summed E-state index contributed by atoms with van der Waals surface area (Å²) < 4.78 is 24.0. The number of benzene rings is 2. The van der Waals surface area contributed by atoms with Crippen molar-refractivity contribution in [2.75, 3.05) is 13.2 Å². The van der Waals surface area contributed by atoms with Crippen molar-refractivity contribution in [3.8, 4) is 11.5 Å². The Balaban J connectivity index is 2.14. The first kappa shape index (κ1) is 18.4. The Morgan fingerprint density at radius 2 is 1.60 bits per heavy atom. The minimum Gasteiger partial charge on any atom is -0.490 e. The first-order chi connectivity index (χ1) is 12.0. The molecule has 2 aromatic rings. The summed E-state index contributed by atoms with van der Waals surface area (Å²) in [5.41, 5.74) is 4.20. The third kappa shape index (κ3) is 5.04. The molecule has 0 spiro atoms. The molecule has 0 aromatic heterocycles. The third-order valence-corrected chi connectivity index (χ3v) is 3.39. The average Bonchev–Trinajstić information content (AvgIpc) is 2.62. The van der Waals surface area contributed by atoms with Crippen LogP contribution in [0.3, 0.4) is 0 Å². The van der Waals surface area contributed by atoms with Crippen molar-refractivity contribution >= 4 is 11.6 Å². The van der Waals surface area contributed by atoms with Crippen LogP contribution in [0.4, 0.5) is 4.39 Å². The monoisotopic (exact) mass is 344 g/mol. The van der Waals surface area contributed by atoms with Crippen LogP contribution in [0.1, 0.15) is 36.7 Å². The highest BCUT2D eigenvalue weighted by atomic mass is 19.1. The topological polar surface area (TPSA) is 59.9 Å². The van der Waals surface area contributed by atoms with E-state index in [-0.39, 0.29) is 0 Å². The van der Waals surface area contributed by atoms with Crippen molar-refractivity contribution in [1.29, 1.82) is 0 Å². The Bertz CT molecular complexity index is 758. The van der Waals surface area contributed by atoms with Crippen molar-refractivity contribution in [2.24, 2.45) is 5.10 Å². The second-order valence-corrected chi connectivity index (χ2v) is 5.17. The number of hydrogen-bond donors (Lipinski definition) is 1. The molecule has 1 amide bonds. The summed E-state index contributed by atoms with van der Waals surface area (Å²) in [6.45, 7) is 6.63. The fourth-order valence-corrected chi connectivity index (χ4v) is 2.14. The van der Waals surface area contributed by atoms with Crippen LogP contribution < -0.4 is 14.9 Å². The highest BCUT2D eigenvalue weighted by Gasteiger charge is 2.09. The standard InChI is InChI=1S/C19H21FN2O3/c1-4-24-17-11-8-15(12-18(17)25-5-2)13(3)21-22-19(23)14-6-9-16(20)10-7-14/h6-12H,4-5H2,1-3H3,(H,22,23)/b21-13-. The molecule has 0 radical (unpaired) electrons. The molecule has 0 aliphatic rings. The van der Waals surface area contributed by atoms with Gasteiger partial charge in [-0.05, 0) is 63.2 Å². The molecule has 2 aromatic carbocycles. The summed E-state index contributed by atoms with van der Waals surface area (Å²) in [5, 5.41) is 4.10. The highest BCUT2D eigenvalue weighted by molar-refractivity contribution is 6.01. The van der Waals surface area contributed by atoms with Gasteiger partial charge in [-0.15, -0.1) is 0 Å². The molecule has 0 unspecified atom stereocenters. The zero-order valence-electron chi connectivity index (χ0n) is 14.5. The number of amides is 1. The number of carbonyl (C=O) groups is 1. The van der Waals surface area contributed by atoms with Gasteiger partial charge in [-0.2, -0.15) is 5.10 Å². The maximum Gasteiger partial charge on any atom is 0.271 e. The minimum absolute atomic E-state index is 0.333. The third-order valence-electron chi connectivity index (χ3n) is 3.39. The second kappa shape index (κ2) is 8.82. The van der Waals surface area contributed by atoms with E-state index >= 15 is 0 Å². The molecule has 0 bridgehead atoms. The van der Waals surface area contributed by atoms with E-state index < -0.39 is 11.7 Å². The molecule has 0 fully saturated rings. The Morgan fingerprint density at radius 3 is 2.24 bits per heavy atom. The molecular formula is C19H21FN2O3. The average molecular weight is 344 g/mol. The number of hydrazone groups is 1.